The maximum absolute atomic E-state index is 12.4. The van der Waals surface area contributed by atoms with Crippen molar-refractivity contribution < 1.29 is 9.59 Å². The molecule has 1 aliphatic heterocycles. The molecule has 5 nitrogen and oxygen atoms in total. The minimum Gasteiger partial charge on any atom is -0.338 e. The molecule has 2 N–H and O–H groups in total. The number of hydrogen-bond donors (Lipinski definition) is 2. The van der Waals surface area contributed by atoms with Crippen molar-refractivity contribution in [2.45, 2.75) is 26.2 Å². The molecule has 0 fully saturated rings. The van der Waals surface area contributed by atoms with Crippen LogP contribution in [0, 0.1) is 0 Å². The van der Waals surface area contributed by atoms with Gasteiger partial charge in [0.15, 0.2) is 0 Å². The van der Waals surface area contributed by atoms with Crippen molar-refractivity contribution in [2.24, 2.45) is 0 Å². The second kappa shape index (κ2) is 7.05. The smallest absolute Gasteiger partial charge is 0.321 e. The van der Waals surface area contributed by atoms with E-state index in [-0.39, 0.29) is 17.9 Å². The molecule has 1 aromatic carbocycles. The van der Waals surface area contributed by atoms with Crippen LogP contribution in [-0.4, -0.2) is 25.0 Å². The van der Waals surface area contributed by atoms with E-state index in [4.69, 9.17) is 0 Å². The highest BCUT2D eigenvalue weighted by Gasteiger charge is 2.25. The van der Waals surface area contributed by atoms with Crippen molar-refractivity contribution in [1.82, 2.24) is 5.32 Å². The summed E-state index contributed by atoms with van der Waals surface area (Å²) in [7, 11) is 0. The number of carbonyl (C=O) groups excluding carboxylic acids is 2. The van der Waals surface area contributed by atoms with Gasteiger partial charge in [-0.05, 0) is 60.4 Å². The maximum atomic E-state index is 12.4. The SMILES string of the molecule is CCNC(=O)N1CCc2ccc(NC(=O)[C@@H](C)c3ccsc3)cc21. The van der Waals surface area contributed by atoms with Crippen LogP contribution in [0.1, 0.15) is 30.9 Å². The van der Waals surface area contributed by atoms with Gasteiger partial charge < -0.3 is 10.6 Å². The van der Waals surface area contributed by atoms with E-state index in [1.165, 1.54) is 0 Å². The largest absolute Gasteiger partial charge is 0.338 e. The number of nitrogens with one attached hydrogen (secondary N) is 2. The second-order valence-corrected chi connectivity index (χ2v) is 6.63. The minimum atomic E-state index is -0.205. The van der Waals surface area contributed by atoms with Gasteiger partial charge >= 0.3 is 6.03 Å². The van der Waals surface area contributed by atoms with Crippen molar-refractivity contribution in [1.29, 1.82) is 0 Å². The third-order valence-corrected chi connectivity index (χ3v) is 4.96. The van der Waals surface area contributed by atoms with Crippen molar-refractivity contribution >= 4 is 34.6 Å². The zero-order valence-electron chi connectivity index (χ0n) is 13.8. The van der Waals surface area contributed by atoms with E-state index >= 15 is 0 Å². The Morgan fingerprint density at radius 3 is 2.88 bits per heavy atom. The Morgan fingerprint density at radius 1 is 1.33 bits per heavy atom. The Bertz CT molecular complexity index is 743. The summed E-state index contributed by atoms with van der Waals surface area (Å²) in [6.07, 6.45) is 0.839. The van der Waals surface area contributed by atoms with Crippen LogP contribution in [0.2, 0.25) is 0 Å². The van der Waals surface area contributed by atoms with E-state index in [1.54, 1.807) is 16.2 Å². The van der Waals surface area contributed by atoms with Crippen molar-refractivity contribution in [3.63, 3.8) is 0 Å². The van der Waals surface area contributed by atoms with Crippen molar-refractivity contribution in [2.75, 3.05) is 23.3 Å². The van der Waals surface area contributed by atoms with Gasteiger partial charge in [0, 0.05) is 18.8 Å². The van der Waals surface area contributed by atoms with Gasteiger partial charge in [-0.25, -0.2) is 4.79 Å². The van der Waals surface area contributed by atoms with Crippen LogP contribution in [0.3, 0.4) is 0 Å². The normalized spacial score (nSPS) is 14.2. The summed E-state index contributed by atoms with van der Waals surface area (Å²) < 4.78 is 0. The van der Waals surface area contributed by atoms with Crippen LogP contribution in [0.5, 0.6) is 0 Å². The zero-order valence-corrected chi connectivity index (χ0v) is 14.7. The van der Waals surface area contributed by atoms with Crippen LogP contribution in [0.15, 0.2) is 35.0 Å². The molecule has 0 bridgehead atoms. The van der Waals surface area contributed by atoms with Crippen molar-refractivity contribution in [3.05, 3.63) is 46.2 Å². The number of hydrogen-bond acceptors (Lipinski definition) is 3. The summed E-state index contributed by atoms with van der Waals surface area (Å²) in [5, 5.41) is 9.75. The summed E-state index contributed by atoms with van der Waals surface area (Å²) in [4.78, 5) is 26.3. The third-order valence-electron chi connectivity index (χ3n) is 4.26. The van der Waals surface area contributed by atoms with Gasteiger partial charge in [-0.3, -0.25) is 9.69 Å². The molecule has 126 valence electrons. The predicted octanol–water partition coefficient (Wildman–Crippen LogP) is 3.58. The van der Waals surface area contributed by atoms with E-state index in [9.17, 15) is 9.59 Å². The van der Waals surface area contributed by atoms with E-state index < -0.39 is 0 Å². The second-order valence-electron chi connectivity index (χ2n) is 5.85. The average Bonchev–Trinajstić information content (AvgIpc) is 3.23. The molecule has 0 saturated carbocycles. The highest BCUT2D eigenvalue weighted by atomic mass is 32.1. The molecule has 2 aromatic rings. The topological polar surface area (TPSA) is 61.4 Å². The standard InChI is InChI=1S/C18H21N3O2S/c1-3-19-18(23)21-8-6-13-4-5-15(10-16(13)21)20-17(22)12(2)14-7-9-24-11-14/h4-5,7,9-12H,3,6,8H2,1-2H3,(H,19,23)(H,20,22)/t12-/m0/s1. The number of urea groups is 1. The van der Waals surface area contributed by atoms with Gasteiger partial charge in [0.25, 0.3) is 0 Å². The van der Waals surface area contributed by atoms with Gasteiger partial charge in [0.1, 0.15) is 0 Å². The molecule has 0 radical (unpaired) electrons. The fraction of sp³-hybridized carbons (Fsp3) is 0.333. The lowest BCUT2D eigenvalue weighted by Crippen LogP contribution is -2.38. The molecule has 3 amide bonds. The molecule has 24 heavy (non-hydrogen) atoms. The first-order valence-electron chi connectivity index (χ1n) is 8.11. The molecular weight excluding hydrogens is 322 g/mol. The summed E-state index contributed by atoms with van der Waals surface area (Å²) in [5.74, 6) is -0.250. The molecule has 1 atom stereocenters. The fourth-order valence-electron chi connectivity index (χ4n) is 2.84. The van der Waals surface area contributed by atoms with E-state index in [0.717, 1.165) is 28.9 Å². The molecular formula is C18H21N3O2S. The van der Waals surface area contributed by atoms with Crippen molar-refractivity contribution in [3.8, 4) is 0 Å². The Labute approximate surface area is 145 Å². The summed E-state index contributed by atoms with van der Waals surface area (Å²) in [6.45, 7) is 5.06. The lowest BCUT2D eigenvalue weighted by Gasteiger charge is -2.18. The number of carbonyl (C=O) groups is 2. The first-order chi connectivity index (χ1) is 11.6. The van der Waals surface area contributed by atoms with Gasteiger partial charge in [-0.15, -0.1) is 0 Å². The number of amides is 3. The quantitative estimate of drug-likeness (QED) is 0.891. The van der Waals surface area contributed by atoms with Gasteiger partial charge in [-0.2, -0.15) is 11.3 Å². The van der Waals surface area contributed by atoms with Crippen LogP contribution in [-0.2, 0) is 11.2 Å². The Hall–Kier alpha value is -2.34. The highest BCUT2D eigenvalue weighted by Crippen LogP contribution is 2.31. The first kappa shape index (κ1) is 16.5. The Kier molecular flexibility index (Phi) is 4.85. The van der Waals surface area contributed by atoms with Crippen LogP contribution >= 0.6 is 11.3 Å². The lowest BCUT2D eigenvalue weighted by atomic mass is 10.0. The zero-order chi connectivity index (χ0) is 17.1. The monoisotopic (exact) mass is 343 g/mol. The van der Waals surface area contributed by atoms with Crippen LogP contribution in [0.25, 0.3) is 0 Å². The number of benzene rings is 1. The maximum Gasteiger partial charge on any atom is 0.321 e. The van der Waals surface area contributed by atoms with Crippen LogP contribution in [0.4, 0.5) is 16.2 Å². The summed E-state index contributed by atoms with van der Waals surface area (Å²) in [5.41, 5.74) is 3.74. The molecule has 0 saturated heterocycles. The van der Waals surface area contributed by atoms with Crippen LogP contribution < -0.4 is 15.5 Å². The minimum absolute atomic E-state index is 0.0455. The molecule has 1 aromatic heterocycles. The molecule has 1 aliphatic rings. The Balaban J connectivity index is 1.75. The lowest BCUT2D eigenvalue weighted by molar-refractivity contribution is -0.117. The third kappa shape index (κ3) is 3.28. The average molecular weight is 343 g/mol. The number of nitrogens with zero attached hydrogens (tertiary/aromatic N) is 1. The molecule has 0 aliphatic carbocycles. The molecule has 6 heteroatoms. The summed E-state index contributed by atoms with van der Waals surface area (Å²) in [6, 6.07) is 7.65. The number of anilines is 2. The van der Waals surface area contributed by atoms with E-state index in [2.05, 4.69) is 10.6 Å². The number of fused-ring (bicyclic) bond motifs is 1. The molecule has 3 rings (SSSR count). The van der Waals surface area contributed by atoms with E-state index in [0.29, 0.717) is 13.1 Å². The van der Waals surface area contributed by atoms with E-state index in [1.807, 2.05) is 48.9 Å². The molecule has 0 spiro atoms. The number of rotatable bonds is 4. The fourth-order valence-corrected chi connectivity index (χ4v) is 3.59. The van der Waals surface area contributed by atoms with Gasteiger partial charge in [-0.1, -0.05) is 6.07 Å². The molecule has 2 heterocycles. The number of thiophene rings is 1. The Morgan fingerprint density at radius 2 is 2.17 bits per heavy atom. The first-order valence-corrected chi connectivity index (χ1v) is 9.05. The summed E-state index contributed by atoms with van der Waals surface area (Å²) >= 11 is 1.58. The molecule has 0 unspecified atom stereocenters. The highest BCUT2D eigenvalue weighted by molar-refractivity contribution is 7.08. The van der Waals surface area contributed by atoms with Gasteiger partial charge in [0.2, 0.25) is 5.91 Å². The predicted molar refractivity (Wildman–Crippen MR) is 97.9 cm³/mol. The van der Waals surface area contributed by atoms with Gasteiger partial charge in [0.05, 0.1) is 11.6 Å².